The number of rotatable bonds is 10. The second-order valence-electron chi connectivity index (χ2n) is 7.72. The molecule has 9 heteroatoms. The maximum Gasteiger partial charge on any atom is 0.335 e. The van der Waals surface area contributed by atoms with Crippen molar-refractivity contribution in [3.05, 3.63) is 81.1 Å². The van der Waals surface area contributed by atoms with E-state index in [2.05, 4.69) is 27.9 Å². The fraction of sp³-hybridized carbons (Fsp3) is 0.292. The number of benzene rings is 2. The number of aliphatic hydroxyl groups excluding tert-OH is 1. The zero-order valence-corrected chi connectivity index (χ0v) is 20.7. The van der Waals surface area contributed by atoms with E-state index >= 15 is 0 Å². The first-order valence-corrected chi connectivity index (χ1v) is 12.4. The van der Waals surface area contributed by atoms with Crippen molar-refractivity contribution in [2.75, 3.05) is 19.6 Å². The van der Waals surface area contributed by atoms with E-state index in [1.165, 1.54) is 17.0 Å². The van der Waals surface area contributed by atoms with Crippen LogP contribution in [0.3, 0.4) is 0 Å². The van der Waals surface area contributed by atoms with E-state index in [0.29, 0.717) is 25.9 Å². The second kappa shape index (κ2) is 11.5. The first-order valence-electron chi connectivity index (χ1n) is 10.4. The van der Waals surface area contributed by atoms with E-state index in [1.54, 1.807) is 12.1 Å². The molecule has 2 aromatic carbocycles. The van der Waals surface area contributed by atoms with Gasteiger partial charge in [-0.3, -0.25) is 9.59 Å². The van der Waals surface area contributed by atoms with Crippen molar-refractivity contribution in [3.63, 3.8) is 0 Å². The maximum absolute atomic E-state index is 12.5. The summed E-state index contributed by atoms with van der Waals surface area (Å²) in [5.41, 5.74) is 3.29. The molecule has 0 saturated carbocycles. The van der Waals surface area contributed by atoms with E-state index in [0.717, 1.165) is 32.6 Å². The monoisotopic (exact) mass is 582 g/mol. The van der Waals surface area contributed by atoms with Crippen molar-refractivity contribution in [3.8, 4) is 0 Å². The van der Waals surface area contributed by atoms with Crippen LogP contribution < -0.4 is 5.32 Å². The number of alkyl halides is 1. The Morgan fingerprint density at radius 1 is 1.09 bits per heavy atom. The van der Waals surface area contributed by atoms with Crippen LogP contribution in [0, 0.1) is 0 Å². The molecule has 0 aliphatic carbocycles. The second-order valence-corrected chi connectivity index (χ2v) is 8.89. The Kier molecular flexibility index (Phi) is 8.74. The number of aromatic carboxylic acids is 1. The summed E-state index contributed by atoms with van der Waals surface area (Å²) in [6, 6.07) is 12.4. The molecule has 0 atom stereocenters. The van der Waals surface area contributed by atoms with Gasteiger partial charge in [0.05, 0.1) is 17.7 Å². The largest absolute Gasteiger partial charge is 0.503 e. The van der Waals surface area contributed by atoms with Gasteiger partial charge in [-0.1, -0.05) is 58.5 Å². The van der Waals surface area contributed by atoms with Gasteiger partial charge in [-0.05, 0) is 54.2 Å². The lowest BCUT2D eigenvalue weighted by Crippen LogP contribution is -2.32. The van der Waals surface area contributed by atoms with Gasteiger partial charge in [-0.2, -0.15) is 0 Å². The van der Waals surface area contributed by atoms with Crippen molar-refractivity contribution in [2.24, 2.45) is 0 Å². The number of amides is 2. The van der Waals surface area contributed by atoms with Crippen LogP contribution in [0.4, 0.5) is 0 Å². The predicted octanol–water partition coefficient (Wildman–Crippen LogP) is 3.92. The average molecular weight is 583 g/mol. The van der Waals surface area contributed by atoms with E-state index in [9.17, 15) is 19.5 Å². The number of carboxylic acids is 1. The lowest BCUT2D eigenvalue weighted by atomic mass is 10.1. The fourth-order valence-electron chi connectivity index (χ4n) is 3.51. The molecule has 3 rings (SSSR count). The van der Waals surface area contributed by atoms with Crippen LogP contribution >= 0.6 is 34.2 Å². The highest BCUT2D eigenvalue weighted by Crippen LogP contribution is 2.21. The lowest BCUT2D eigenvalue weighted by Gasteiger charge is -2.16. The highest BCUT2D eigenvalue weighted by Gasteiger charge is 2.33. The topological polar surface area (TPSA) is 107 Å². The maximum atomic E-state index is 12.5. The van der Waals surface area contributed by atoms with Gasteiger partial charge in [0.1, 0.15) is 0 Å². The smallest absolute Gasteiger partial charge is 0.335 e. The summed E-state index contributed by atoms with van der Waals surface area (Å²) >= 11 is 8.50. The highest BCUT2D eigenvalue weighted by molar-refractivity contribution is 14.1. The summed E-state index contributed by atoms with van der Waals surface area (Å²) in [5, 5.41) is 22.6. The Labute approximate surface area is 210 Å². The molecular weight excluding hydrogens is 559 g/mol. The normalized spacial score (nSPS) is 13.5. The molecule has 1 aliphatic heterocycles. The Morgan fingerprint density at radius 2 is 1.79 bits per heavy atom. The van der Waals surface area contributed by atoms with Gasteiger partial charge in [0.25, 0.3) is 11.8 Å². The predicted molar refractivity (Wildman–Crippen MR) is 134 cm³/mol. The Hall–Kier alpha value is -2.59. The molecule has 0 unspecified atom stereocenters. The summed E-state index contributed by atoms with van der Waals surface area (Å²) in [6.07, 6.45) is 1.93. The Morgan fingerprint density at radius 3 is 2.42 bits per heavy atom. The van der Waals surface area contributed by atoms with Gasteiger partial charge in [-0.25, -0.2) is 4.79 Å². The first-order chi connectivity index (χ1) is 15.8. The van der Waals surface area contributed by atoms with Crippen LogP contribution in [0.5, 0.6) is 0 Å². The summed E-state index contributed by atoms with van der Waals surface area (Å²) in [7, 11) is 0. The van der Waals surface area contributed by atoms with Crippen LogP contribution in [0.15, 0.2) is 53.8 Å². The molecule has 0 aromatic heterocycles. The Bertz CT molecular complexity index is 1080. The van der Waals surface area contributed by atoms with Crippen molar-refractivity contribution < 1.29 is 24.6 Å². The van der Waals surface area contributed by atoms with E-state index in [4.69, 9.17) is 16.7 Å². The van der Waals surface area contributed by atoms with Gasteiger partial charge >= 0.3 is 5.97 Å². The molecule has 1 heterocycles. The van der Waals surface area contributed by atoms with Crippen LogP contribution in [0.2, 0.25) is 5.02 Å². The zero-order chi connectivity index (χ0) is 24.0. The number of aliphatic hydroxyl groups is 1. The molecular formula is C24H24ClIN2O5. The molecule has 7 nitrogen and oxygen atoms in total. The first kappa shape index (κ1) is 25.0. The van der Waals surface area contributed by atoms with Gasteiger partial charge < -0.3 is 20.4 Å². The summed E-state index contributed by atoms with van der Waals surface area (Å²) < 4.78 is 0.846. The number of carbonyl (C=O) groups is 3. The average Bonchev–Trinajstić information content (AvgIpc) is 3.09. The van der Waals surface area contributed by atoms with Crippen LogP contribution in [0.1, 0.15) is 33.5 Å². The molecule has 1 aliphatic rings. The quantitative estimate of drug-likeness (QED) is 0.224. The van der Waals surface area contributed by atoms with E-state index in [1.807, 2.05) is 18.2 Å². The minimum absolute atomic E-state index is 0.0388. The lowest BCUT2D eigenvalue weighted by molar-refractivity contribution is -0.127. The standard InChI is InChI=1S/C24H24ClIN2O5/c25-20-12-16(5-8-18(20)13-26)2-1-10-27-22(30)19-14-28(23(31)21(19)29)11-9-15-3-6-17(7-4-15)24(32)33/h3-8,12,29H,1-2,9-11,13-14H2,(H,27,30)(H,32,33). The van der Waals surface area contributed by atoms with Gasteiger partial charge in [0.15, 0.2) is 5.76 Å². The number of halogens is 2. The van der Waals surface area contributed by atoms with Gasteiger partial charge in [0.2, 0.25) is 0 Å². The molecule has 3 N–H and O–H groups in total. The molecule has 0 spiro atoms. The fourth-order valence-corrected chi connectivity index (χ4v) is 4.67. The highest BCUT2D eigenvalue weighted by atomic mass is 127. The van der Waals surface area contributed by atoms with Crippen molar-refractivity contribution in [1.82, 2.24) is 10.2 Å². The minimum Gasteiger partial charge on any atom is -0.503 e. The number of carboxylic acid groups (broad SMARTS) is 1. The van der Waals surface area contributed by atoms with Gasteiger partial charge in [-0.15, -0.1) is 0 Å². The summed E-state index contributed by atoms with van der Waals surface area (Å²) in [6.45, 7) is 0.753. The molecule has 2 amide bonds. The summed E-state index contributed by atoms with van der Waals surface area (Å²) in [4.78, 5) is 37.2. The van der Waals surface area contributed by atoms with Crippen LogP contribution in [0.25, 0.3) is 0 Å². The van der Waals surface area contributed by atoms with Crippen LogP contribution in [-0.4, -0.2) is 52.5 Å². The third-order valence-corrected chi connectivity index (χ3v) is 6.63. The third-order valence-electron chi connectivity index (χ3n) is 5.46. The number of aryl methyl sites for hydroxylation is 1. The number of hydrogen-bond acceptors (Lipinski definition) is 4. The molecule has 0 fully saturated rings. The zero-order valence-electron chi connectivity index (χ0n) is 17.8. The third kappa shape index (κ3) is 6.48. The van der Waals surface area contributed by atoms with Crippen molar-refractivity contribution in [1.29, 1.82) is 0 Å². The van der Waals surface area contributed by atoms with Crippen molar-refractivity contribution >= 4 is 52.0 Å². The number of nitrogens with zero attached hydrogens (tertiary/aromatic N) is 1. The van der Waals surface area contributed by atoms with Crippen molar-refractivity contribution in [2.45, 2.75) is 23.7 Å². The molecule has 0 radical (unpaired) electrons. The van der Waals surface area contributed by atoms with E-state index < -0.39 is 23.5 Å². The molecule has 33 heavy (non-hydrogen) atoms. The summed E-state index contributed by atoms with van der Waals surface area (Å²) in [5.74, 6) is -2.55. The molecule has 174 valence electrons. The number of carbonyl (C=O) groups excluding carboxylic acids is 2. The minimum atomic E-state index is -1.00. The molecule has 2 aromatic rings. The number of hydrogen-bond donors (Lipinski definition) is 3. The number of nitrogens with one attached hydrogen (secondary N) is 1. The van der Waals surface area contributed by atoms with Gasteiger partial charge in [0, 0.05) is 22.5 Å². The van der Waals surface area contributed by atoms with E-state index in [-0.39, 0.29) is 17.7 Å². The Balaban J connectivity index is 1.46. The van der Waals surface area contributed by atoms with Crippen LogP contribution in [-0.2, 0) is 26.9 Å². The SMILES string of the molecule is O=C(NCCCc1ccc(CI)c(Cl)c1)C1=C(O)C(=O)N(CCc2ccc(C(=O)O)cc2)C1. The molecule has 0 saturated heterocycles. The molecule has 0 bridgehead atoms.